The third-order valence-corrected chi connectivity index (χ3v) is 4.19. The lowest BCUT2D eigenvalue weighted by Gasteiger charge is -2.19. The molecule has 2 unspecified atom stereocenters. The zero-order valence-corrected chi connectivity index (χ0v) is 10.9. The summed E-state index contributed by atoms with van der Waals surface area (Å²) in [6.45, 7) is 3.58. The van der Waals surface area contributed by atoms with Gasteiger partial charge in [-0.2, -0.15) is 0 Å². The van der Waals surface area contributed by atoms with Crippen molar-refractivity contribution in [3.63, 3.8) is 0 Å². The molecule has 2 atom stereocenters. The van der Waals surface area contributed by atoms with Crippen LogP contribution in [0.3, 0.4) is 0 Å². The fourth-order valence-electron chi connectivity index (χ4n) is 3.09. The molecule has 0 bridgehead atoms. The van der Waals surface area contributed by atoms with Crippen LogP contribution in [0.5, 0.6) is 11.5 Å². The Balaban J connectivity index is 1.60. The number of rotatable bonds is 4. The van der Waals surface area contributed by atoms with Crippen LogP contribution in [0.2, 0.25) is 0 Å². The first kappa shape index (κ1) is 11.8. The minimum Gasteiger partial charge on any atom is -0.454 e. The second kappa shape index (κ2) is 5.19. The Kier molecular flexibility index (Phi) is 3.41. The van der Waals surface area contributed by atoms with Crippen molar-refractivity contribution >= 4 is 0 Å². The lowest BCUT2D eigenvalue weighted by atomic mass is 10.0. The van der Waals surface area contributed by atoms with Crippen LogP contribution in [-0.2, 0) is 6.54 Å². The number of hydrogen-bond acceptors (Lipinski definition) is 3. The van der Waals surface area contributed by atoms with Crippen LogP contribution in [0.4, 0.5) is 0 Å². The quantitative estimate of drug-likeness (QED) is 0.887. The standard InChI is InChI=1S/C15H21NO2/c1-2-12-4-3-5-13(12)16-9-11-6-7-14-15(8-11)18-10-17-14/h6-8,12-13,16H,2-5,9-10H2,1H3. The van der Waals surface area contributed by atoms with Crippen LogP contribution in [-0.4, -0.2) is 12.8 Å². The van der Waals surface area contributed by atoms with Crippen LogP contribution in [0.1, 0.15) is 38.2 Å². The van der Waals surface area contributed by atoms with Gasteiger partial charge in [0.1, 0.15) is 0 Å². The molecule has 1 aromatic carbocycles. The van der Waals surface area contributed by atoms with Crippen LogP contribution in [0.15, 0.2) is 18.2 Å². The number of nitrogens with one attached hydrogen (secondary N) is 1. The zero-order valence-electron chi connectivity index (χ0n) is 10.9. The molecule has 0 saturated heterocycles. The molecule has 1 heterocycles. The first-order valence-electron chi connectivity index (χ1n) is 6.98. The van der Waals surface area contributed by atoms with Crippen LogP contribution >= 0.6 is 0 Å². The van der Waals surface area contributed by atoms with Gasteiger partial charge in [-0.25, -0.2) is 0 Å². The Bertz CT molecular complexity index is 419. The second-order valence-electron chi connectivity index (χ2n) is 5.27. The van der Waals surface area contributed by atoms with Gasteiger partial charge in [-0.3, -0.25) is 0 Å². The molecule has 3 heteroatoms. The third kappa shape index (κ3) is 2.32. The summed E-state index contributed by atoms with van der Waals surface area (Å²) >= 11 is 0. The lowest BCUT2D eigenvalue weighted by Crippen LogP contribution is -2.31. The summed E-state index contributed by atoms with van der Waals surface area (Å²) in [4.78, 5) is 0. The van der Waals surface area contributed by atoms with E-state index < -0.39 is 0 Å². The molecule has 0 spiro atoms. The number of hydrogen-bond donors (Lipinski definition) is 1. The molecule has 1 aromatic rings. The normalized spacial score (nSPS) is 25.6. The topological polar surface area (TPSA) is 30.5 Å². The van der Waals surface area contributed by atoms with Gasteiger partial charge in [0.05, 0.1) is 0 Å². The van der Waals surface area contributed by atoms with E-state index in [1.807, 2.05) is 6.07 Å². The van der Waals surface area contributed by atoms with Gasteiger partial charge in [0.15, 0.2) is 11.5 Å². The van der Waals surface area contributed by atoms with Gasteiger partial charge in [0.25, 0.3) is 0 Å². The van der Waals surface area contributed by atoms with E-state index in [1.54, 1.807) is 0 Å². The van der Waals surface area contributed by atoms with E-state index in [4.69, 9.17) is 9.47 Å². The monoisotopic (exact) mass is 247 g/mol. The highest BCUT2D eigenvalue weighted by molar-refractivity contribution is 5.44. The maximum absolute atomic E-state index is 5.40. The van der Waals surface area contributed by atoms with Crippen molar-refractivity contribution in [1.82, 2.24) is 5.32 Å². The third-order valence-electron chi connectivity index (χ3n) is 4.19. The van der Waals surface area contributed by atoms with Gasteiger partial charge >= 0.3 is 0 Å². The van der Waals surface area contributed by atoms with Crippen LogP contribution in [0.25, 0.3) is 0 Å². The largest absolute Gasteiger partial charge is 0.454 e. The Hall–Kier alpha value is -1.22. The fourth-order valence-corrected chi connectivity index (χ4v) is 3.09. The van der Waals surface area contributed by atoms with Gasteiger partial charge in [-0.15, -0.1) is 0 Å². The molecule has 1 aliphatic heterocycles. The molecule has 1 N–H and O–H groups in total. The van der Waals surface area contributed by atoms with E-state index in [1.165, 1.54) is 31.2 Å². The smallest absolute Gasteiger partial charge is 0.231 e. The predicted molar refractivity (Wildman–Crippen MR) is 70.8 cm³/mol. The lowest BCUT2D eigenvalue weighted by molar-refractivity contribution is 0.174. The van der Waals surface area contributed by atoms with Gasteiger partial charge in [-0.1, -0.05) is 25.8 Å². The molecule has 3 nitrogen and oxygen atoms in total. The maximum atomic E-state index is 5.40. The van der Waals surface area contributed by atoms with Gasteiger partial charge in [-0.05, 0) is 36.5 Å². The molecule has 0 aromatic heterocycles. The predicted octanol–water partition coefficient (Wildman–Crippen LogP) is 3.08. The molecule has 0 radical (unpaired) electrons. The second-order valence-corrected chi connectivity index (χ2v) is 5.27. The van der Waals surface area contributed by atoms with E-state index in [9.17, 15) is 0 Å². The zero-order chi connectivity index (χ0) is 12.4. The first-order valence-corrected chi connectivity index (χ1v) is 6.98. The summed E-state index contributed by atoms with van der Waals surface area (Å²) in [5.74, 6) is 2.61. The first-order chi connectivity index (χ1) is 8.86. The SMILES string of the molecule is CCC1CCCC1NCc1ccc2c(c1)OCO2. The number of ether oxygens (including phenoxy) is 2. The molecule has 0 amide bonds. The van der Waals surface area contributed by atoms with E-state index in [2.05, 4.69) is 24.4 Å². The van der Waals surface area contributed by atoms with Crippen LogP contribution in [0, 0.1) is 5.92 Å². The van der Waals surface area contributed by atoms with Gasteiger partial charge in [0, 0.05) is 12.6 Å². The molecule has 1 fully saturated rings. The highest BCUT2D eigenvalue weighted by atomic mass is 16.7. The minimum atomic E-state index is 0.354. The Morgan fingerprint density at radius 2 is 2.11 bits per heavy atom. The van der Waals surface area contributed by atoms with Gasteiger partial charge in [0.2, 0.25) is 6.79 Å². The molecule has 98 valence electrons. The van der Waals surface area contributed by atoms with E-state index >= 15 is 0 Å². The summed E-state index contributed by atoms with van der Waals surface area (Å²) in [5.41, 5.74) is 1.28. The molecule has 1 aliphatic carbocycles. The van der Waals surface area contributed by atoms with Crippen molar-refractivity contribution in [3.8, 4) is 11.5 Å². The van der Waals surface area contributed by atoms with Crippen molar-refractivity contribution in [2.75, 3.05) is 6.79 Å². The highest BCUT2D eigenvalue weighted by Gasteiger charge is 2.25. The molecule has 2 aliphatic rings. The minimum absolute atomic E-state index is 0.354. The molecular weight excluding hydrogens is 226 g/mol. The molecule has 1 saturated carbocycles. The highest BCUT2D eigenvalue weighted by Crippen LogP contribution is 2.33. The summed E-state index contributed by atoms with van der Waals surface area (Å²) in [5, 5.41) is 3.69. The Labute approximate surface area is 108 Å². The molecule has 18 heavy (non-hydrogen) atoms. The Morgan fingerprint density at radius 3 is 3.00 bits per heavy atom. The average Bonchev–Trinajstić information content (AvgIpc) is 3.04. The molecular formula is C15H21NO2. The molecule has 3 rings (SSSR count). The summed E-state index contributed by atoms with van der Waals surface area (Å²) in [7, 11) is 0. The van der Waals surface area contributed by atoms with Crippen molar-refractivity contribution in [1.29, 1.82) is 0 Å². The number of benzene rings is 1. The number of fused-ring (bicyclic) bond motifs is 1. The van der Waals surface area contributed by atoms with Crippen molar-refractivity contribution in [3.05, 3.63) is 23.8 Å². The van der Waals surface area contributed by atoms with Gasteiger partial charge < -0.3 is 14.8 Å². The summed E-state index contributed by atoms with van der Waals surface area (Å²) in [6, 6.07) is 6.91. The summed E-state index contributed by atoms with van der Waals surface area (Å²) < 4.78 is 10.7. The summed E-state index contributed by atoms with van der Waals surface area (Å²) in [6.07, 6.45) is 5.37. The van der Waals surface area contributed by atoms with E-state index in [0.29, 0.717) is 12.8 Å². The van der Waals surface area contributed by atoms with Crippen molar-refractivity contribution in [2.45, 2.75) is 45.2 Å². The van der Waals surface area contributed by atoms with Crippen molar-refractivity contribution in [2.24, 2.45) is 5.92 Å². The van der Waals surface area contributed by atoms with Crippen LogP contribution < -0.4 is 14.8 Å². The van der Waals surface area contributed by atoms with Crippen molar-refractivity contribution < 1.29 is 9.47 Å². The fraction of sp³-hybridized carbons (Fsp3) is 0.600. The Morgan fingerprint density at radius 1 is 1.22 bits per heavy atom. The van der Waals surface area contributed by atoms with E-state index in [-0.39, 0.29) is 0 Å². The van der Waals surface area contributed by atoms with E-state index in [0.717, 1.165) is 24.0 Å². The maximum Gasteiger partial charge on any atom is 0.231 e. The average molecular weight is 247 g/mol.